The van der Waals surface area contributed by atoms with Crippen LogP contribution in [0.1, 0.15) is 11.4 Å². The van der Waals surface area contributed by atoms with E-state index in [0.717, 1.165) is 10.9 Å². The van der Waals surface area contributed by atoms with Gasteiger partial charge in [0.05, 0.1) is 6.61 Å². The van der Waals surface area contributed by atoms with Gasteiger partial charge in [0.2, 0.25) is 0 Å². The van der Waals surface area contributed by atoms with E-state index in [1.165, 1.54) is 0 Å². The number of benzene rings is 1. The van der Waals surface area contributed by atoms with E-state index in [0.29, 0.717) is 6.61 Å². The lowest BCUT2D eigenvalue weighted by Crippen LogP contribution is -2.07. The van der Waals surface area contributed by atoms with Gasteiger partial charge in [0.15, 0.2) is 0 Å². The van der Waals surface area contributed by atoms with Gasteiger partial charge in [-0.2, -0.15) is 0 Å². The second-order valence-corrected chi connectivity index (χ2v) is 7.28. The predicted molar refractivity (Wildman–Crippen MR) is 61.1 cm³/mol. The molecule has 1 aliphatic heterocycles. The van der Waals surface area contributed by atoms with Crippen LogP contribution in [0.4, 0.5) is 0 Å². The molecule has 1 aromatic rings. The molecule has 3 nitrogen and oxygen atoms in total. The Kier molecular flexibility index (Phi) is 3.01. The van der Waals surface area contributed by atoms with Crippen molar-refractivity contribution in [3.63, 3.8) is 0 Å². The maximum atomic E-state index is 11.8. The average molecular weight is 223 g/mol. The van der Waals surface area contributed by atoms with E-state index in [1.54, 1.807) is 20.8 Å². The molecule has 1 atom stereocenters. The molecule has 0 saturated carbocycles. The molecule has 0 amide bonds. The summed E-state index contributed by atoms with van der Waals surface area (Å²) in [5.41, 5.74) is 1.13. The summed E-state index contributed by atoms with van der Waals surface area (Å²) in [6, 6.07) is 7.80. The van der Waals surface area contributed by atoms with Crippen molar-refractivity contribution in [2.75, 3.05) is 19.9 Å². The lowest BCUT2D eigenvalue weighted by atomic mass is 9.77. The summed E-state index contributed by atoms with van der Waals surface area (Å²) < 4.78 is 11.8. The molecule has 0 aliphatic carbocycles. The standard InChI is InChI=1S/C10H13BO3P/c1-15(2,12)9-5-3-8(4-6-9)10-7-13-14-11-10/h3-6,10H,7H2,1-2H3. The molecule has 1 aliphatic rings. The normalized spacial score (nSPS) is 21.3. The maximum absolute atomic E-state index is 11.8. The third kappa shape index (κ3) is 2.51. The zero-order valence-electron chi connectivity index (χ0n) is 8.84. The zero-order valence-corrected chi connectivity index (χ0v) is 9.74. The first-order chi connectivity index (χ1) is 7.07. The molecule has 0 aromatic heterocycles. The Bertz CT molecular complexity index is 378. The predicted octanol–water partition coefficient (Wildman–Crippen LogP) is 1.56. The molecule has 1 unspecified atom stereocenters. The molecule has 1 radical (unpaired) electrons. The summed E-state index contributed by atoms with van der Waals surface area (Å²) >= 11 is 0. The first-order valence-electron chi connectivity index (χ1n) is 4.84. The van der Waals surface area contributed by atoms with Crippen LogP contribution in [0.15, 0.2) is 24.3 Å². The lowest BCUT2D eigenvalue weighted by molar-refractivity contribution is -0.183. The Morgan fingerprint density at radius 1 is 1.33 bits per heavy atom. The van der Waals surface area contributed by atoms with E-state index < -0.39 is 7.14 Å². The van der Waals surface area contributed by atoms with E-state index in [-0.39, 0.29) is 5.82 Å². The van der Waals surface area contributed by atoms with Crippen molar-refractivity contribution in [1.29, 1.82) is 0 Å². The fourth-order valence-corrected chi connectivity index (χ4v) is 2.38. The molecule has 2 rings (SSSR count). The van der Waals surface area contributed by atoms with Crippen molar-refractivity contribution in [3.05, 3.63) is 29.8 Å². The zero-order chi connectivity index (χ0) is 10.9. The number of hydrogen-bond donors (Lipinski definition) is 0. The van der Waals surface area contributed by atoms with Crippen LogP contribution in [-0.2, 0) is 14.3 Å². The monoisotopic (exact) mass is 223 g/mol. The average Bonchev–Trinajstić information content (AvgIpc) is 2.69. The minimum Gasteiger partial charge on any atom is -0.319 e. The van der Waals surface area contributed by atoms with Gasteiger partial charge in [0.25, 0.3) is 0 Å². The molecule has 1 fully saturated rings. The third-order valence-corrected chi connectivity index (χ3v) is 4.02. The smallest absolute Gasteiger partial charge is 0.319 e. The highest BCUT2D eigenvalue weighted by Gasteiger charge is 2.22. The molecule has 0 N–H and O–H groups in total. The molecule has 0 spiro atoms. The quantitative estimate of drug-likeness (QED) is 0.433. The van der Waals surface area contributed by atoms with Gasteiger partial charge < -0.3 is 9.37 Å². The van der Waals surface area contributed by atoms with Gasteiger partial charge in [-0.15, -0.1) is 0 Å². The van der Waals surface area contributed by atoms with E-state index >= 15 is 0 Å². The van der Waals surface area contributed by atoms with Crippen molar-refractivity contribution in [3.8, 4) is 0 Å². The van der Waals surface area contributed by atoms with Gasteiger partial charge >= 0.3 is 7.48 Å². The van der Waals surface area contributed by atoms with E-state index in [4.69, 9.17) is 9.69 Å². The first-order valence-corrected chi connectivity index (χ1v) is 7.44. The fourth-order valence-electron chi connectivity index (χ4n) is 1.51. The number of rotatable bonds is 2. The second-order valence-electron chi connectivity index (χ2n) is 4.07. The molecule has 0 bridgehead atoms. The number of hydrogen-bond acceptors (Lipinski definition) is 3. The van der Waals surface area contributed by atoms with Crippen molar-refractivity contribution < 1.29 is 14.3 Å². The summed E-state index contributed by atoms with van der Waals surface area (Å²) in [7, 11) is -0.469. The Labute approximate surface area is 90.4 Å². The van der Waals surface area contributed by atoms with Crippen LogP contribution in [0.5, 0.6) is 0 Å². The Balaban J connectivity index is 2.20. The Morgan fingerprint density at radius 2 is 2.00 bits per heavy atom. The molecular formula is C10H13BO3P. The van der Waals surface area contributed by atoms with Crippen LogP contribution >= 0.6 is 7.14 Å². The summed E-state index contributed by atoms with van der Waals surface area (Å²) in [5.74, 6) is 0.187. The van der Waals surface area contributed by atoms with Crippen LogP contribution in [0.25, 0.3) is 0 Å². The van der Waals surface area contributed by atoms with Crippen molar-refractivity contribution in [1.82, 2.24) is 0 Å². The van der Waals surface area contributed by atoms with Crippen LogP contribution < -0.4 is 5.30 Å². The van der Waals surface area contributed by atoms with Gasteiger partial charge in [-0.3, -0.25) is 4.89 Å². The van der Waals surface area contributed by atoms with Crippen LogP contribution in [-0.4, -0.2) is 27.4 Å². The molecule has 15 heavy (non-hydrogen) atoms. The molecule has 79 valence electrons. The minimum atomic E-state index is -2.14. The van der Waals surface area contributed by atoms with Crippen LogP contribution in [0.2, 0.25) is 0 Å². The van der Waals surface area contributed by atoms with Gasteiger partial charge in [-0.1, -0.05) is 24.3 Å². The minimum absolute atomic E-state index is 0.187. The summed E-state index contributed by atoms with van der Waals surface area (Å²) in [4.78, 5) is 9.53. The molecule has 5 heteroatoms. The fraction of sp³-hybridized carbons (Fsp3) is 0.400. The Morgan fingerprint density at radius 3 is 2.47 bits per heavy atom. The highest BCUT2D eigenvalue weighted by atomic mass is 31.2. The molecule has 1 aromatic carbocycles. The van der Waals surface area contributed by atoms with Gasteiger partial charge in [0.1, 0.15) is 7.14 Å². The highest BCUT2D eigenvalue weighted by molar-refractivity contribution is 7.70. The van der Waals surface area contributed by atoms with Crippen molar-refractivity contribution >= 4 is 19.9 Å². The van der Waals surface area contributed by atoms with Gasteiger partial charge in [-0.25, -0.2) is 0 Å². The lowest BCUT2D eigenvalue weighted by Gasteiger charge is -2.09. The summed E-state index contributed by atoms with van der Waals surface area (Å²) in [6.45, 7) is 4.10. The van der Waals surface area contributed by atoms with Crippen molar-refractivity contribution in [2.24, 2.45) is 0 Å². The van der Waals surface area contributed by atoms with E-state index in [1.807, 2.05) is 24.3 Å². The topological polar surface area (TPSA) is 35.5 Å². The molecular weight excluding hydrogens is 210 g/mol. The summed E-state index contributed by atoms with van der Waals surface area (Å²) in [5, 5.41) is 0.908. The van der Waals surface area contributed by atoms with Gasteiger partial charge in [0, 0.05) is 11.1 Å². The Hall–Kier alpha value is -0.565. The summed E-state index contributed by atoms with van der Waals surface area (Å²) in [6.07, 6.45) is 0. The molecule has 1 heterocycles. The first kappa shape index (κ1) is 10.9. The highest BCUT2D eigenvalue weighted by Crippen LogP contribution is 2.34. The maximum Gasteiger partial charge on any atom is 0.354 e. The second kappa shape index (κ2) is 4.13. The van der Waals surface area contributed by atoms with Crippen molar-refractivity contribution in [2.45, 2.75) is 5.82 Å². The van der Waals surface area contributed by atoms with Gasteiger partial charge in [-0.05, 0) is 18.9 Å². The van der Waals surface area contributed by atoms with E-state index in [9.17, 15) is 4.57 Å². The van der Waals surface area contributed by atoms with Crippen LogP contribution in [0, 0.1) is 0 Å². The SMILES string of the molecule is CP(C)(=O)c1ccc(C2[B]OOC2)cc1. The van der Waals surface area contributed by atoms with Crippen LogP contribution in [0.3, 0.4) is 0 Å². The van der Waals surface area contributed by atoms with E-state index in [2.05, 4.69) is 0 Å². The third-order valence-electron chi connectivity index (χ3n) is 2.48. The largest absolute Gasteiger partial charge is 0.354 e. The molecule has 1 saturated heterocycles.